The number of hydrogen-bond donors (Lipinski definition) is 1. The monoisotopic (exact) mass is 335 g/mol. The second-order valence-electron chi connectivity index (χ2n) is 5.33. The zero-order valence-corrected chi connectivity index (χ0v) is 13.5. The maximum absolute atomic E-state index is 12.5. The molecule has 2 aromatic rings. The van der Waals surface area contributed by atoms with Gasteiger partial charge in [0.2, 0.25) is 0 Å². The van der Waals surface area contributed by atoms with Gasteiger partial charge in [0, 0.05) is 17.0 Å². The predicted octanol–water partition coefficient (Wildman–Crippen LogP) is 4.56. The zero-order valence-electron chi connectivity index (χ0n) is 12.0. The van der Waals surface area contributed by atoms with E-state index in [9.17, 15) is 4.79 Å². The molecule has 22 heavy (non-hydrogen) atoms. The average molecular weight is 336 g/mol. The highest BCUT2D eigenvalue weighted by molar-refractivity contribution is 6.35. The van der Waals surface area contributed by atoms with Crippen LogP contribution in [0.4, 0.5) is 0 Å². The Hall–Kier alpha value is -1.71. The molecule has 0 aromatic heterocycles. The molecular weight excluding hydrogens is 321 g/mol. The molecular formula is C17H15Cl2NO2. The Morgan fingerprint density at radius 1 is 1.23 bits per heavy atom. The molecule has 1 aliphatic heterocycles. The van der Waals surface area contributed by atoms with Gasteiger partial charge in [-0.3, -0.25) is 4.79 Å². The first-order chi connectivity index (χ1) is 10.5. The molecule has 1 aliphatic rings. The summed E-state index contributed by atoms with van der Waals surface area (Å²) in [4.78, 5) is 12.5. The van der Waals surface area contributed by atoms with Gasteiger partial charge in [-0.05, 0) is 31.2 Å². The van der Waals surface area contributed by atoms with Gasteiger partial charge in [0.25, 0.3) is 5.91 Å². The summed E-state index contributed by atoms with van der Waals surface area (Å²) < 4.78 is 5.64. The second-order valence-corrected chi connectivity index (χ2v) is 6.17. The number of benzene rings is 2. The smallest absolute Gasteiger partial charge is 0.253 e. The van der Waals surface area contributed by atoms with Crippen molar-refractivity contribution in [3.05, 3.63) is 63.1 Å². The lowest BCUT2D eigenvalue weighted by molar-refractivity contribution is 0.0925. The molecule has 3 nitrogen and oxygen atoms in total. The van der Waals surface area contributed by atoms with Crippen LogP contribution in [0.3, 0.4) is 0 Å². The number of rotatable bonds is 2. The number of fused-ring (bicyclic) bond motifs is 1. The van der Waals surface area contributed by atoms with Gasteiger partial charge in [-0.15, -0.1) is 0 Å². The number of carbonyl (C=O) groups excluding carboxylic acids is 1. The van der Waals surface area contributed by atoms with E-state index in [4.69, 9.17) is 27.9 Å². The Balaban J connectivity index is 1.87. The molecule has 0 bridgehead atoms. The molecule has 1 amide bonds. The van der Waals surface area contributed by atoms with Crippen molar-refractivity contribution in [3.8, 4) is 5.75 Å². The minimum atomic E-state index is -0.230. The van der Waals surface area contributed by atoms with Crippen molar-refractivity contribution in [2.24, 2.45) is 0 Å². The van der Waals surface area contributed by atoms with Gasteiger partial charge < -0.3 is 10.1 Å². The summed E-state index contributed by atoms with van der Waals surface area (Å²) in [7, 11) is 0. The maximum Gasteiger partial charge on any atom is 0.253 e. The van der Waals surface area contributed by atoms with Crippen molar-refractivity contribution in [3.63, 3.8) is 0 Å². The number of carbonyl (C=O) groups is 1. The molecule has 0 fully saturated rings. The van der Waals surface area contributed by atoms with E-state index in [1.165, 1.54) is 0 Å². The van der Waals surface area contributed by atoms with Crippen LogP contribution in [0.15, 0.2) is 36.4 Å². The normalized spacial score (nSPS) is 16.6. The molecule has 0 aliphatic carbocycles. The molecule has 5 heteroatoms. The van der Waals surface area contributed by atoms with Crippen molar-refractivity contribution in [2.75, 3.05) is 6.61 Å². The predicted molar refractivity (Wildman–Crippen MR) is 88.0 cm³/mol. The largest absolute Gasteiger partial charge is 0.493 e. The van der Waals surface area contributed by atoms with Gasteiger partial charge in [-0.1, -0.05) is 40.9 Å². The first kappa shape index (κ1) is 15.2. The van der Waals surface area contributed by atoms with Gasteiger partial charge in [-0.2, -0.15) is 0 Å². The van der Waals surface area contributed by atoms with Crippen LogP contribution in [0, 0.1) is 6.92 Å². The average Bonchev–Trinajstić information content (AvgIpc) is 2.50. The van der Waals surface area contributed by atoms with Gasteiger partial charge in [0.05, 0.1) is 23.2 Å². The molecule has 1 N–H and O–H groups in total. The van der Waals surface area contributed by atoms with Gasteiger partial charge in [0.1, 0.15) is 5.75 Å². The van der Waals surface area contributed by atoms with Crippen molar-refractivity contribution in [1.29, 1.82) is 0 Å². The van der Waals surface area contributed by atoms with Crippen LogP contribution >= 0.6 is 23.2 Å². The van der Waals surface area contributed by atoms with Crippen LogP contribution in [0.2, 0.25) is 10.0 Å². The van der Waals surface area contributed by atoms with E-state index in [0.29, 0.717) is 22.2 Å². The third-order valence-corrected chi connectivity index (χ3v) is 4.25. The number of halogens is 2. The van der Waals surface area contributed by atoms with Crippen molar-refractivity contribution >= 4 is 29.1 Å². The molecule has 3 rings (SSSR count). The topological polar surface area (TPSA) is 38.3 Å². The minimum Gasteiger partial charge on any atom is -0.493 e. The Bertz CT molecular complexity index is 731. The van der Waals surface area contributed by atoms with Gasteiger partial charge in [-0.25, -0.2) is 0 Å². The molecule has 0 saturated heterocycles. The Morgan fingerprint density at radius 3 is 2.86 bits per heavy atom. The van der Waals surface area contributed by atoms with Crippen LogP contribution < -0.4 is 10.1 Å². The fraction of sp³-hybridized carbons (Fsp3) is 0.235. The summed E-state index contributed by atoms with van der Waals surface area (Å²) >= 11 is 12.0. The summed E-state index contributed by atoms with van der Waals surface area (Å²) in [5.74, 6) is 0.589. The van der Waals surface area contributed by atoms with Crippen LogP contribution in [-0.4, -0.2) is 12.5 Å². The standard InChI is InChI=1S/C17H15Cl2NO2/c1-10-2-5-16-13(8-10)15(6-7-22-16)20-17(21)12-9-11(18)3-4-14(12)19/h2-5,8-9,15H,6-7H2,1H3,(H,20,21). The number of aryl methyl sites for hydroxylation is 1. The quantitative estimate of drug-likeness (QED) is 0.873. The third kappa shape index (κ3) is 3.06. The molecule has 0 spiro atoms. The Labute approximate surface area is 139 Å². The lowest BCUT2D eigenvalue weighted by Crippen LogP contribution is -2.32. The van der Waals surface area contributed by atoms with Crippen molar-refractivity contribution in [1.82, 2.24) is 5.32 Å². The second kappa shape index (κ2) is 6.19. The van der Waals surface area contributed by atoms with E-state index in [0.717, 1.165) is 23.3 Å². The van der Waals surface area contributed by atoms with Gasteiger partial charge >= 0.3 is 0 Å². The molecule has 1 unspecified atom stereocenters. The summed E-state index contributed by atoms with van der Waals surface area (Å²) in [6.07, 6.45) is 0.723. The van der Waals surface area contributed by atoms with Crippen LogP contribution in [0.5, 0.6) is 5.75 Å². The SMILES string of the molecule is Cc1ccc2c(c1)C(NC(=O)c1cc(Cl)ccc1Cl)CCO2. The third-order valence-electron chi connectivity index (χ3n) is 3.68. The number of ether oxygens (including phenoxy) is 1. The summed E-state index contributed by atoms with van der Waals surface area (Å²) in [6.45, 7) is 2.59. The fourth-order valence-corrected chi connectivity index (χ4v) is 2.95. The van der Waals surface area contributed by atoms with Crippen LogP contribution in [-0.2, 0) is 0 Å². The first-order valence-corrected chi connectivity index (χ1v) is 7.79. The molecule has 1 atom stereocenters. The maximum atomic E-state index is 12.5. The van der Waals surface area contributed by atoms with Crippen molar-refractivity contribution < 1.29 is 9.53 Å². The van der Waals surface area contributed by atoms with Crippen LogP contribution in [0.1, 0.15) is 33.9 Å². The molecule has 0 radical (unpaired) electrons. The minimum absolute atomic E-state index is 0.0915. The highest BCUT2D eigenvalue weighted by atomic mass is 35.5. The van der Waals surface area contributed by atoms with Crippen molar-refractivity contribution in [2.45, 2.75) is 19.4 Å². The van der Waals surface area contributed by atoms with E-state index < -0.39 is 0 Å². The zero-order chi connectivity index (χ0) is 15.7. The Kier molecular flexibility index (Phi) is 4.27. The van der Waals surface area contributed by atoms with E-state index >= 15 is 0 Å². The summed E-state index contributed by atoms with van der Waals surface area (Å²) in [5, 5.41) is 3.90. The highest BCUT2D eigenvalue weighted by Gasteiger charge is 2.24. The van der Waals surface area contributed by atoms with E-state index in [-0.39, 0.29) is 11.9 Å². The van der Waals surface area contributed by atoms with E-state index in [1.54, 1.807) is 18.2 Å². The fourth-order valence-electron chi connectivity index (χ4n) is 2.57. The molecule has 2 aromatic carbocycles. The number of hydrogen-bond acceptors (Lipinski definition) is 2. The highest BCUT2D eigenvalue weighted by Crippen LogP contribution is 2.33. The summed E-state index contributed by atoms with van der Waals surface area (Å²) in [5.41, 5.74) is 2.51. The number of nitrogens with one attached hydrogen (secondary N) is 1. The summed E-state index contributed by atoms with van der Waals surface area (Å²) in [6, 6.07) is 10.8. The van der Waals surface area contributed by atoms with Crippen LogP contribution in [0.25, 0.3) is 0 Å². The molecule has 114 valence electrons. The lowest BCUT2D eigenvalue weighted by Gasteiger charge is -2.27. The molecule has 1 heterocycles. The van der Waals surface area contributed by atoms with E-state index in [2.05, 4.69) is 5.32 Å². The molecule has 0 saturated carbocycles. The van der Waals surface area contributed by atoms with Gasteiger partial charge in [0.15, 0.2) is 0 Å². The number of amides is 1. The first-order valence-electron chi connectivity index (χ1n) is 7.04. The lowest BCUT2D eigenvalue weighted by atomic mass is 9.98. The van der Waals surface area contributed by atoms with E-state index in [1.807, 2.05) is 25.1 Å². The Morgan fingerprint density at radius 2 is 2.05 bits per heavy atom.